The molecule has 21 heavy (non-hydrogen) atoms. The maximum atomic E-state index is 6.42. The van der Waals surface area contributed by atoms with Crippen LogP contribution < -0.4 is 5.73 Å². The summed E-state index contributed by atoms with van der Waals surface area (Å²) in [5, 5.41) is 0. The van der Waals surface area contributed by atoms with Gasteiger partial charge in [0, 0.05) is 19.8 Å². The molecule has 1 aliphatic rings. The third kappa shape index (κ3) is 3.17. The molecule has 1 unspecified atom stereocenters. The average molecular weight is 285 g/mol. The summed E-state index contributed by atoms with van der Waals surface area (Å²) in [5.41, 5.74) is 8.89. The predicted octanol–water partition coefficient (Wildman–Crippen LogP) is 2.75. The fraction of sp³-hybridized carbons (Fsp3) is 0.471. The van der Waals surface area contributed by atoms with E-state index in [9.17, 15) is 0 Å². The van der Waals surface area contributed by atoms with Crippen molar-refractivity contribution < 1.29 is 4.74 Å². The molecule has 1 fully saturated rings. The highest BCUT2D eigenvalue weighted by Crippen LogP contribution is 2.33. The van der Waals surface area contributed by atoms with Gasteiger partial charge < -0.3 is 15.0 Å². The third-order valence-electron chi connectivity index (χ3n) is 4.47. The molecule has 0 bridgehead atoms. The maximum absolute atomic E-state index is 6.42. The lowest BCUT2D eigenvalue weighted by atomic mass is 9.82. The van der Waals surface area contributed by atoms with Crippen LogP contribution in [-0.4, -0.2) is 22.8 Å². The molecule has 0 amide bonds. The summed E-state index contributed by atoms with van der Waals surface area (Å²) in [5.74, 6) is 0. The Morgan fingerprint density at radius 3 is 2.71 bits per heavy atom. The summed E-state index contributed by atoms with van der Waals surface area (Å²) in [6.45, 7) is 4.98. The van der Waals surface area contributed by atoms with E-state index >= 15 is 0 Å². The first kappa shape index (κ1) is 14.3. The summed E-state index contributed by atoms with van der Waals surface area (Å²) in [4.78, 5) is 4.32. The second-order valence-electron chi connectivity index (χ2n) is 6.26. The highest BCUT2D eigenvalue weighted by atomic mass is 16.5. The van der Waals surface area contributed by atoms with Gasteiger partial charge in [-0.05, 0) is 23.8 Å². The van der Waals surface area contributed by atoms with Crippen LogP contribution in [0.5, 0.6) is 0 Å². The zero-order valence-corrected chi connectivity index (χ0v) is 12.5. The molecule has 1 saturated heterocycles. The SMILES string of the molecule is CC1(Cn2cncc2C(N)c2ccccc2)CCOCC1. The van der Waals surface area contributed by atoms with E-state index in [-0.39, 0.29) is 11.5 Å². The smallest absolute Gasteiger partial charge is 0.0948 e. The van der Waals surface area contributed by atoms with Crippen LogP contribution in [0.3, 0.4) is 0 Å². The Kier molecular flexibility index (Phi) is 4.08. The van der Waals surface area contributed by atoms with Gasteiger partial charge in [0.2, 0.25) is 0 Å². The Morgan fingerprint density at radius 2 is 2.00 bits per heavy atom. The zero-order valence-electron chi connectivity index (χ0n) is 12.5. The van der Waals surface area contributed by atoms with Gasteiger partial charge in [-0.1, -0.05) is 37.3 Å². The van der Waals surface area contributed by atoms with Crippen molar-refractivity contribution in [3.8, 4) is 0 Å². The minimum absolute atomic E-state index is 0.128. The number of aromatic nitrogens is 2. The standard InChI is InChI=1S/C17H23N3O/c1-17(7-9-21-10-8-17)12-20-13-19-11-15(20)16(18)14-5-3-2-4-6-14/h2-6,11,13,16H,7-10,12,18H2,1H3. The molecule has 2 heterocycles. The number of nitrogens with zero attached hydrogens (tertiary/aromatic N) is 2. The Morgan fingerprint density at radius 1 is 1.29 bits per heavy atom. The second-order valence-corrected chi connectivity index (χ2v) is 6.26. The van der Waals surface area contributed by atoms with Crippen molar-refractivity contribution in [3.63, 3.8) is 0 Å². The normalized spacial score (nSPS) is 19.3. The minimum Gasteiger partial charge on any atom is -0.381 e. The molecule has 1 aliphatic heterocycles. The van der Waals surface area contributed by atoms with Crippen LogP contribution in [-0.2, 0) is 11.3 Å². The van der Waals surface area contributed by atoms with E-state index in [4.69, 9.17) is 10.5 Å². The summed E-state index contributed by atoms with van der Waals surface area (Å²) in [6, 6.07) is 10.1. The lowest BCUT2D eigenvalue weighted by Crippen LogP contribution is -2.32. The highest BCUT2D eigenvalue weighted by Gasteiger charge is 2.29. The van der Waals surface area contributed by atoms with Crippen LogP contribution in [0, 0.1) is 5.41 Å². The van der Waals surface area contributed by atoms with Gasteiger partial charge in [0.25, 0.3) is 0 Å². The molecule has 0 spiro atoms. The molecule has 4 heteroatoms. The van der Waals surface area contributed by atoms with Crippen molar-refractivity contribution in [2.75, 3.05) is 13.2 Å². The van der Waals surface area contributed by atoms with Crippen LogP contribution in [0.2, 0.25) is 0 Å². The fourth-order valence-electron chi connectivity index (χ4n) is 2.99. The Labute approximate surface area is 125 Å². The van der Waals surface area contributed by atoms with Crippen LogP contribution in [0.15, 0.2) is 42.9 Å². The lowest BCUT2D eigenvalue weighted by molar-refractivity contribution is 0.0151. The average Bonchev–Trinajstić information content (AvgIpc) is 2.95. The van der Waals surface area contributed by atoms with Gasteiger partial charge in [-0.3, -0.25) is 0 Å². The predicted molar refractivity (Wildman–Crippen MR) is 82.9 cm³/mol. The van der Waals surface area contributed by atoms with E-state index in [0.717, 1.165) is 43.9 Å². The van der Waals surface area contributed by atoms with Crippen molar-refractivity contribution in [2.24, 2.45) is 11.1 Å². The number of ether oxygens (including phenoxy) is 1. The summed E-state index contributed by atoms with van der Waals surface area (Å²) >= 11 is 0. The second kappa shape index (κ2) is 6.00. The van der Waals surface area contributed by atoms with Crippen LogP contribution in [0.25, 0.3) is 0 Å². The molecular formula is C17H23N3O. The lowest BCUT2D eigenvalue weighted by Gasteiger charge is -2.34. The molecule has 2 N–H and O–H groups in total. The molecule has 0 saturated carbocycles. The number of nitrogens with two attached hydrogens (primary N) is 1. The highest BCUT2D eigenvalue weighted by molar-refractivity contribution is 5.26. The van der Waals surface area contributed by atoms with Crippen molar-refractivity contribution >= 4 is 0 Å². The van der Waals surface area contributed by atoms with E-state index < -0.39 is 0 Å². The molecule has 1 aromatic carbocycles. The summed E-state index contributed by atoms with van der Waals surface area (Å²) < 4.78 is 7.69. The molecule has 3 rings (SSSR count). The number of rotatable bonds is 4. The van der Waals surface area contributed by atoms with Crippen molar-refractivity contribution in [2.45, 2.75) is 32.4 Å². The van der Waals surface area contributed by atoms with Crippen molar-refractivity contribution in [3.05, 3.63) is 54.1 Å². The van der Waals surface area contributed by atoms with Crippen LogP contribution >= 0.6 is 0 Å². The zero-order chi connectivity index (χ0) is 14.7. The van der Waals surface area contributed by atoms with Gasteiger partial charge in [0.05, 0.1) is 24.3 Å². The Hall–Kier alpha value is -1.65. The van der Waals surface area contributed by atoms with Crippen LogP contribution in [0.4, 0.5) is 0 Å². The van der Waals surface area contributed by atoms with Crippen LogP contribution in [0.1, 0.15) is 37.1 Å². The first-order chi connectivity index (χ1) is 10.2. The van der Waals surface area contributed by atoms with E-state index in [0.29, 0.717) is 0 Å². The molecule has 2 aromatic rings. The van der Waals surface area contributed by atoms with Gasteiger partial charge in [0.15, 0.2) is 0 Å². The van der Waals surface area contributed by atoms with Gasteiger partial charge >= 0.3 is 0 Å². The number of benzene rings is 1. The van der Waals surface area contributed by atoms with Gasteiger partial charge in [-0.2, -0.15) is 0 Å². The quantitative estimate of drug-likeness (QED) is 0.939. The maximum Gasteiger partial charge on any atom is 0.0948 e. The number of hydrogen-bond acceptors (Lipinski definition) is 3. The van der Waals surface area contributed by atoms with E-state index in [1.165, 1.54) is 0 Å². The minimum atomic E-state index is -0.128. The Bertz CT molecular complexity index is 573. The molecule has 4 nitrogen and oxygen atoms in total. The monoisotopic (exact) mass is 285 g/mol. The first-order valence-corrected chi connectivity index (χ1v) is 7.56. The van der Waals surface area contributed by atoms with E-state index in [1.54, 1.807) is 0 Å². The van der Waals surface area contributed by atoms with Gasteiger partial charge in [-0.25, -0.2) is 4.98 Å². The molecule has 1 atom stereocenters. The summed E-state index contributed by atoms with van der Waals surface area (Å²) in [7, 11) is 0. The number of hydrogen-bond donors (Lipinski definition) is 1. The van der Waals surface area contributed by atoms with Crippen molar-refractivity contribution in [1.82, 2.24) is 9.55 Å². The van der Waals surface area contributed by atoms with Gasteiger partial charge in [-0.15, -0.1) is 0 Å². The third-order valence-corrected chi connectivity index (χ3v) is 4.47. The molecular weight excluding hydrogens is 262 g/mol. The topological polar surface area (TPSA) is 53.1 Å². The number of imidazole rings is 1. The molecule has 0 aliphatic carbocycles. The van der Waals surface area contributed by atoms with E-state index in [2.05, 4.69) is 28.6 Å². The first-order valence-electron chi connectivity index (χ1n) is 7.56. The Balaban J connectivity index is 1.81. The van der Waals surface area contributed by atoms with Gasteiger partial charge in [0.1, 0.15) is 0 Å². The van der Waals surface area contributed by atoms with Crippen molar-refractivity contribution in [1.29, 1.82) is 0 Å². The fourth-order valence-corrected chi connectivity index (χ4v) is 2.99. The van der Waals surface area contributed by atoms with E-state index in [1.807, 2.05) is 30.7 Å². The summed E-state index contributed by atoms with van der Waals surface area (Å²) in [6.07, 6.45) is 5.97. The molecule has 112 valence electrons. The molecule has 0 radical (unpaired) electrons. The molecule has 1 aromatic heterocycles. The largest absolute Gasteiger partial charge is 0.381 e.